The molecule has 0 spiro atoms. The number of hydrogen-bond donors (Lipinski definition) is 1. The van der Waals surface area contributed by atoms with E-state index in [4.69, 9.17) is 10.5 Å². The van der Waals surface area contributed by atoms with Crippen LogP contribution >= 0.6 is 0 Å². The topological polar surface area (TPSA) is 38.5 Å². The maximum atomic E-state index is 5.70. The van der Waals surface area contributed by atoms with Gasteiger partial charge < -0.3 is 15.4 Å². The van der Waals surface area contributed by atoms with Crippen molar-refractivity contribution < 1.29 is 4.74 Å². The van der Waals surface area contributed by atoms with Gasteiger partial charge in [0.15, 0.2) is 0 Å². The highest BCUT2D eigenvalue weighted by atomic mass is 16.5. The molecule has 2 N–H and O–H groups in total. The lowest BCUT2D eigenvalue weighted by Gasteiger charge is -2.47. The molecule has 1 heterocycles. The lowest BCUT2D eigenvalue weighted by Crippen LogP contribution is -2.50. The van der Waals surface area contributed by atoms with Gasteiger partial charge in [-0.15, -0.1) is 0 Å². The van der Waals surface area contributed by atoms with E-state index in [0.717, 1.165) is 31.2 Å². The van der Waals surface area contributed by atoms with Gasteiger partial charge >= 0.3 is 0 Å². The fraction of sp³-hybridized carbons (Fsp3) is 0.625. The van der Waals surface area contributed by atoms with Crippen molar-refractivity contribution in [3.63, 3.8) is 0 Å². The van der Waals surface area contributed by atoms with E-state index in [2.05, 4.69) is 30.9 Å². The first kappa shape index (κ1) is 14.2. The summed E-state index contributed by atoms with van der Waals surface area (Å²) in [6, 6.07) is 8.39. The van der Waals surface area contributed by atoms with E-state index in [1.54, 1.807) is 7.11 Å². The molecule has 0 aromatic heterocycles. The number of nitrogens with zero attached hydrogens (tertiary/aromatic N) is 1. The Labute approximate surface area is 116 Å². The number of piperidine rings is 1. The Morgan fingerprint density at radius 2 is 2.00 bits per heavy atom. The summed E-state index contributed by atoms with van der Waals surface area (Å²) in [4.78, 5) is 2.51. The standard InChI is InChI=1S/C16H26N2O/c1-16(2)12-13(8-10-17)9-11-18(16)14-4-6-15(19-3)7-5-14/h4-7,13H,8-12,17H2,1-3H3. The van der Waals surface area contributed by atoms with Gasteiger partial charge in [-0.05, 0) is 69.8 Å². The molecule has 0 amide bonds. The van der Waals surface area contributed by atoms with E-state index in [-0.39, 0.29) is 5.54 Å². The molecule has 19 heavy (non-hydrogen) atoms. The van der Waals surface area contributed by atoms with Crippen molar-refractivity contribution >= 4 is 5.69 Å². The van der Waals surface area contributed by atoms with Crippen LogP contribution < -0.4 is 15.4 Å². The predicted octanol–water partition coefficient (Wildman–Crippen LogP) is 3.04. The number of nitrogens with two attached hydrogens (primary N) is 1. The van der Waals surface area contributed by atoms with Gasteiger partial charge in [-0.1, -0.05) is 0 Å². The quantitative estimate of drug-likeness (QED) is 0.906. The SMILES string of the molecule is COc1ccc(N2CCC(CCN)CC2(C)C)cc1. The number of hydrogen-bond acceptors (Lipinski definition) is 3. The van der Waals surface area contributed by atoms with Crippen LogP contribution in [0.25, 0.3) is 0 Å². The minimum atomic E-state index is 0.201. The maximum Gasteiger partial charge on any atom is 0.119 e. The van der Waals surface area contributed by atoms with Crippen LogP contribution in [0.2, 0.25) is 0 Å². The fourth-order valence-electron chi connectivity index (χ4n) is 3.26. The van der Waals surface area contributed by atoms with E-state index < -0.39 is 0 Å². The van der Waals surface area contributed by atoms with Crippen molar-refractivity contribution in [2.45, 2.75) is 38.6 Å². The van der Waals surface area contributed by atoms with Gasteiger partial charge in [-0.3, -0.25) is 0 Å². The van der Waals surface area contributed by atoms with Gasteiger partial charge in [-0.2, -0.15) is 0 Å². The van der Waals surface area contributed by atoms with Crippen molar-refractivity contribution in [2.75, 3.05) is 25.1 Å². The lowest BCUT2D eigenvalue weighted by atomic mass is 9.80. The monoisotopic (exact) mass is 262 g/mol. The fourth-order valence-corrected chi connectivity index (χ4v) is 3.26. The third-order valence-corrected chi connectivity index (χ3v) is 4.24. The van der Waals surface area contributed by atoms with Crippen LogP contribution in [0.1, 0.15) is 33.1 Å². The molecule has 1 aromatic rings. The Morgan fingerprint density at radius 1 is 1.32 bits per heavy atom. The molecular formula is C16H26N2O. The third-order valence-electron chi connectivity index (χ3n) is 4.24. The Bertz CT molecular complexity index is 400. The van der Waals surface area contributed by atoms with Gasteiger partial charge in [0.2, 0.25) is 0 Å². The summed E-state index contributed by atoms with van der Waals surface area (Å²) >= 11 is 0. The normalized spacial score (nSPS) is 22.3. The van der Waals surface area contributed by atoms with Crippen LogP contribution in [-0.4, -0.2) is 25.7 Å². The van der Waals surface area contributed by atoms with Crippen LogP contribution in [0.4, 0.5) is 5.69 Å². The van der Waals surface area contributed by atoms with Crippen molar-refractivity contribution in [3.8, 4) is 5.75 Å². The second kappa shape index (κ2) is 5.83. The second-order valence-electron chi connectivity index (χ2n) is 6.10. The molecule has 0 bridgehead atoms. The molecule has 2 rings (SSSR count). The number of rotatable bonds is 4. The zero-order valence-corrected chi connectivity index (χ0v) is 12.4. The molecule has 1 aliphatic heterocycles. The third kappa shape index (κ3) is 3.21. The number of ether oxygens (including phenoxy) is 1. The molecule has 1 aliphatic rings. The molecular weight excluding hydrogens is 236 g/mol. The van der Waals surface area contributed by atoms with E-state index in [1.807, 2.05) is 12.1 Å². The van der Waals surface area contributed by atoms with Crippen molar-refractivity contribution in [1.82, 2.24) is 0 Å². The minimum Gasteiger partial charge on any atom is -0.497 e. The minimum absolute atomic E-state index is 0.201. The molecule has 0 aliphatic carbocycles. The molecule has 0 radical (unpaired) electrons. The first-order valence-corrected chi connectivity index (χ1v) is 7.18. The molecule has 1 aromatic carbocycles. The summed E-state index contributed by atoms with van der Waals surface area (Å²) < 4.78 is 5.23. The van der Waals surface area contributed by atoms with Crippen molar-refractivity contribution in [2.24, 2.45) is 11.7 Å². The molecule has 1 unspecified atom stereocenters. The zero-order valence-electron chi connectivity index (χ0n) is 12.4. The highest BCUT2D eigenvalue weighted by Gasteiger charge is 2.34. The van der Waals surface area contributed by atoms with Gasteiger partial charge in [0.1, 0.15) is 5.75 Å². The average Bonchev–Trinajstić information content (AvgIpc) is 2.38. The van der Waals surface area contributed by atoms with Crippen molar-refractivity contribution in [3.05, 3.63) is 24.3 Å². The number of anilines is 1. The zero-order chi connectivity index (χ0) is 13.9. The van der Waals surface area contributed by atoms with Gasteiger partial charge in [-0.25, -0.2) is 0 Å². The summed E-state index contributed by atoms with van der Waals surface area (Å²) in [5.41, 5.74) is 7.19. The summed E-state index contributed by atoms with van der Waals surface area (Å²) in [6.07, 6.45) is 3.61. The Kier molecular flexibility index (Phi) is 4.35. The van der Waals surface area contributed by atoms with Gasteiger partial charge in [0, 0.05) is 17.8 Å². The van der Waals surface area contributed by atoms with Gasteiger partial charge in [0.25, 0.3) is 0 Å². The molecule has 1 atom stereocenters. The molecule has 3 heteroatoms. The Balaban J connectivity index is 2.11. The van der Waals surface area contributed by atoms with E-state index >= 15 is 0 Å². The summed E-state index contributed by atoms with van der Waals surface area (Å²) in [5.74, 6) is 1.69. The molecule has 1 saturated heterocycles. The van der Waals surface area contributed by atoms with Gasteiger partial charge in [0.05, 0.1) is 7.11 Å². The molecule has 106 valence electrons. The van der Waals surface area contributed by atoms with Crippen LogP contribution in [0.3, 0.4) is 0 Å². The second-order valence-corrected chi connectivity index (χ2v) is 6.10. The predicted molar refractivity (Wildman–Crippen MR) is 80.8 cm³/mol. The first-order valence-electron chi connectivity index (χ1n) is 7.18. The summed E-state index contributed by atoms with van der Waals surface area (Å²) in [5, 5.41) is 0. The van der Waals surface area contributed by atoms with Crippen LogP contribution in [0.5, 0.6) is 5.75 Å². The van der Waals surface area contributed by atoms with Crippen LogP contribution in [0.15, 0.2) is 24.3 Å². The first-order chi connectivity index (χ1) is 9.06. The largest absolute Gasteiger partial charge is 0.497 e. The molecule has 0 saturated carbocycles. The van der Waals surface area contributed by atoms with E-state index in [0.29, 0.717) is 0 Å². The smallest absolute Gasteiger partial charge is 0.119 e. The lowest BCUT2D eigenvalue weighted by molar-refractivity contribution is 0.264. The number of methoxy groups -OCH3 is 1. The molecule has 3 nitrogen and oxygen atoms in total. The average molecular weight is 262 g/mol. The molecule has 1 fully saturated rings. The van der Waals surface area contributed by atoms with Crippen LogP contribution in [0, 0.1) is 5.92 Å². The van der Waals surface area contributed by atoms with Crippen molar-refractivity contribution in [1.29, 1.82) is 0 Å². The van der Waals surface area contributed by atoms with E-state index in [9.17, 15) is 0 Å². The maximum absolute atomic E-state index is 5.70. The summed E-state index contributed by atoms with van der Waals surface area (Å²) in [6.45, 7) is 6.59. The highest BCUT2D eigenvalue weighted by Crippen LogP contribution is 2.36. The Hall–Kier alpha value is -1.22. The Morgan fingerprint density at radius 3 is 2.53 bits per heavy atom. The van der Waals surface area contributed by atoms with E-state index in [1.165, 1.54) is 18.5 Å². The van der Waals surface area contributed by atoms with Crippen LogP contribution in [-0.2, 0) is 0 Å². The highest BCUT2D eigenvalue weighted by molar-refractivity contribution is 5.51. The summed E-state index contributed by atoms with van der Waals surface area (Å²) in [7, 11) is 1.71. The number of benzene rings is 1.